The quantitative estimate of drug-likeness (QED) is 0.528. The van der Waals surface area contributed by atoms with Crippen LogP contribution in [0.3, 0.4) is 0 Å². The number of likely N-dealkylation sites (N-methyl/N-ethyl adjacent to an activating group) is 1. The zero-order valence-corrected chi connectivity index (χ0v) is 12.3. The third-order valence-electron chi connectivity index (χ3n) is 3.09. The maximum atomic E-state index is 11.2. The highest BCUT2D eigenvalue weighted by atomic mass is 16.6. The van der Waals surface area contributed by atoms with Crippen LogP contribution in [0.5, 0.6) is 5.75 Å². The number of nitro benzene ring substituents is 1. The maximum Gasteiger partial charge on any atom is 0.311 e. The molecule has 1 amide bonds. The van der Waals surface area contributed by atoms with Gasteiger partial charge < -0.3 is 15.8 Å². The average molecular weight is 295 g/mol. The van der Waals surface area contributed by atoms with Gasteiger partial charge in [0.05, 0.1) is 17.6 Å². The average Bonchev–Trinajstić information content (AvgIpc) is 2.46. The number of hydrogen-bond acceptors (Lipinski definition) is 5. The van der Waals surface area contributed by atoms with Gasteiger partial charge in [0.1, 0.15) is 0 Å². The molecule has 1 atom stereocenters. The lowest BCUT2D eigenvalue weighted by atomic mass is 10.1. The van der Waals surface area contributed by atoms with E-state index < -0.39 is 16.9 Å². The van der Waals surface area contributed by atoms with Gasteiger partial charge in [-0.05, 0) is 24.6 Å². The summed E-state index contributed by atoms with van der Waals surface area (Å²) in [7, 11) is 0. The normalized spacial score (nSPS) is 11.9. The Balaban J connectivity index is 2.70. The first-order chi connectivity index (χ1) is 9.99. The van der Waals surface area contributed by atoms with Crippen molar-refractivity contribution >= 4 is 11.6 Å². The van der Waals surface area contributed by atoms with Crippen LogP contribution in [0, 0.1) is 10.1 Å². The van der Waals surface area contributed by atoms with Crippen molar-refractivity contribution in [3.8, 4) is 5.75 Å². The van der Waals surface area contributed by atoms with Crippen LogP contribution < -0.4 is 15.8 Å². The van der Waals surface area contributed by atoms with Crippen molar-refractivity contribution < 1.29 is 14.5 Å². The number of nitro groups is 1. The summed E-state index contributed by atoms with van der Waals surface area (Å²) in [6.45, 7) is 4.57. The van der Waals surface area contributed by atoms with E-state index in [4.69, 9.17) is 10.5 Å². The highest BCUT2D eigenvalue weighted by Gasteiger charge is 2.18. The third-order valence-corrected chi connectivity index (χ3v) is 3.09. The molecule has 116 valence electrons. The van der Waals surface area contributed by atoms with Crippen LogP contribution in [0.1, 0.15) is 25.8 Å². The summed E-state index contributed by atoms with van der Waals surface area (Å²) >= 11 is 0. The van der Waals surface area contributed by atoms with Crippen LogP contribution in [0.15, 0.2) is 18.2 Å². The Morgan fingerprint density at radius 2 is 2.19 bits per heavy atom. The summed E-state index contributed by atoms with van der Waals surface area (Å²) < 4.78 is 5.44. The zero-order chi connectivity index (χ0) is 15.8. The molecule has 0 radical (unpaired) electrons. The Morgan fingerprint density at radius 3 is 2.71 bits per heavy atom. The molecule has 3 N–H and O–H groups in total. The second-order valence-electron chi connectivity index (χ2n) is 4.56. The highest BCUT2D eigenvalue weighted by molar-refractivity contribution is 5.79. The summed E-state index contributed by atoms with van der Waals surface area (Å²) in [6, 6.07) is 4.39. The first-order valence-corrected chi connectivity index (χ1v) is 6.92. The molecule has 7 nitrogen and oxygen atoms in total. The Kier molecular flexibility index (Phi) is 6.61. The molecule has 0 aromatic heterocycles. The van der Waals surface area contributed by atoms with Crippen LogP contribution in [-0.4, -0.2) is 30.0 Å². The third kappa shape index (κ3) is 5.03. The van der Waals surface area contributed by atoms with Gasteiger partial charge in [-0.1, -0.05) is 19.9 Å². The molecule has 0 aliphatic rings. The fourth-order valence-corrected chi connectivity index (χ4v) is 1.93. The summed E-state index contributed by atoms with van der Waals surface area (Å²) in [4.78, 5) is 21.8. The molecule has 0 heterocycles. The summed E-state index contributed by atoms with van der Waals surface area (Å²) in [5.74, 6) is -0.256. The van der Waals surface area contributed by atoms with Gasteiger partial charge in [0.15, 0.2) is 5.75 Å². The number of primary amides is 1. The zero-order valence-electron chi connectivity index (χ0n) is 12.3. The van der Waals surface area contributed by atoms with E-state index in [2.05, 4.69) is 5.32 Å². The van der Waals surface area contributed by atoms with E-state index in [-0.39, 0.29) is 18.0 Å². The Bertz CT molecular complexity index is 505. The Labute approximate surface area is 123 Å². The number of carbonyl (C=O) groups is 1. The number of aryl methyl sites for hydroxylation is 1. The monoisotopic (exact) mass is 295 g/mol. The van der Waals surface area contributed by atoms with Crippen molar-refractivity contribution in [2.45, 2.75) is 32.7 Å². The molecular formula is C14H21N3O4. The molecule has 1 aromatic rings. The fourth-order valence-electron chi connectivity index (χ4n) is 1.93. The molecule has 0 spiro atoms. The Morgan fingerprint density at radius 1 is 1.48 bits per heavy atom. The second kappa shape index (κ2) is 8.21. The second-order valence-corrected chi connectivity index (χ2v) is 4.56. The van der Waals surface area contributed by atoms with Crippen LogP contribution in [0.4, 0.5) is 5.69 Å². The number of nitrogens with zero attached hydrogens (tertiary/aromatic N) is 1. The van der Waals surface area contributed by atoms with Gasteiger partial charge in [-0.2, -0.15) is 0 Å². The maximum absolute atomic E-state index is 11.2. The number of ether oxygens (including phenoxy) is 1. The van der Waals surface area contributed by atoms with Crippen molar-refractivity contribution in [2.75, 3.05) is 13.2 Å². The van der Waals surface area contributed by atoms with Crippen LogP contribution >= 0.6 is 0 Å². The van der Waals surface area contributed by atoms with Gasteiger partial charge in [0, 0.05) is 12.5 Å². The van der Waals surface area contributed by atoms with Crippen LogP contribution in [0.2, 0.25) is 0 Å². The molecule has 1 unspecified atom stereocenters. The first kappa shape index (κ1) is 16.9. The summed E-state index contributed by atoms with van der Waals surface area (Å²) in [5.41, 5.74) is 6.06. The largest absolute Gasteiger partial charge is 0.487 e. The van der Waals surface area contributed by atoms with E-state index in [1.165, 1.54) is 6.07 Å². The number of rotatable bonds is 9. The molecule has 0 aliphatic carbocycles. The van der Waals surface area contributed by atoms with Gasteiger partial charge in [-0.3, -0.25) is 14.9 Å². The van der Waals surface area contributed by atoms with E-state index in [0.717, 1.165) is 5.56 Å². The molecule has 0 bridgehead atoms. The summed E-state index contributed by atoms with van der Waals surface area (Å²) in [6.07, 6.45) is 1.07. The van der Waals surface area contributed by atoms with Crippen molar-refractivity contribution in [2.24, 2.45) is 5.73 Å². The summed E-state index contributed by atoms with van der Waals surface area (Å²) in [5, 5.41) is 14.0. The highest BCUT2D eigenvalue weighted by Crippen LogP contribution is 2.28. The topological polar surface area (TPSA) is 107 Å². The fraction of sp³-hybridized carbons (Fsp3) is 0.500. The smallest absolute Gasteiger partial charge is 0.311 e. The molecule has 21 heavy (non-hydrogen) atoms. The lowest BCUT2D eigenvalue weighted by Gasteiger charge is -2.14. The molecule has 7 heteroatoms. The molecular weight excluding hydrogens is 274 g/mol. The SMILES string of the molecule is CCNC(CCOc1ccc(CC)cc1[N+](=O)[O-])C(N)=O. The molecule has 1 aromatic carbocycles. The molecule has 0 fully saturated rings. The van der Waals surface area contributed by atoms with Crippen molar-refractivity contribution in [1.29, 1.82) is 0 Å². The van der Waals surface area contributed by atoms with Crippen molar-refractivity contribution in [3.05, 3.63) is 33.9 Å². The van der Waals surface area contributed by atoms with Crippen LogP contribution in [-0.2, 0) is 11.2 Å². The molecule has 1 rings (SSSR count). The standard InChI is InChI=1S/C14H21N3O4/c1-3-10-5-6-13(12(9-10)17(19)20)21-8-7-11(14(15)18)16-4-2/h5-6,9,11,16H,3-4,7-8H2,1-2H3,(H2,15,18). The minimum Gasteiger partial charge on any atom is -0.487 e. The minimum absolute atomic E-state index is 0.0616. The van der Waals surface area contributed by atoms with E-state index in [1.807, 2.05) is 13.8 Å². The van der Waals surface area contributed by atoms with E-state index in [9.17, 15) is 14.9 Å². The molecule has 0 saturated heterocycles. The Hall–Kier alpha value is -2.15. The van der Waals surface area contributed by atoms with Gasteiger partial charge in [0.25, 0.3) is 0 Å². The predicted molar refractivity (Wildman–Crippen MR) is 79.2 cm³/mol. The van der Waals surface area contributed by atoms with Gasteiger partial charge in [-0.15, -0.1) is 0 Å². The lowest BCUT2D eigenvalue weighted by Crippen LogP contribution is -2.42. The number of nitrogens with two attached hydrogens (primary N) is 1. The van der Waals surface area contributed by atoms with Crippen LogP contribution in [0.25, 0.3) is 0 Å². The van der Waals surface area contributed by atoms with E-state index in [0.29, 0.717) is 19.4 Å². The number of benzene rings is 1. The van der Waals surface area contributed by atoms with Crippen molar-refractivity contribution in [1.82, 2.24) is 5.32 Å². The predicted octanol–water partition coefficient (Wildman–Crippen LogP) is 1.39. The van der Waals surface area contributed by atoms with Gasteiger partial charge in [-0.25, -0.2) is 0 Å². The molecule has 0 aliphatic heterocycles. The number of hydrogen-bond donors (Lipinski definition) is 2. The number of carbonyl (C=O) groups excluding carboxylic acids is 1. The number of amides is 1. The minimum atomic E-state index is -0.496. The lowest BCUT2D eigenvalue weighted by molar-refractivity contribution is -0.385. The first-order valence-electron chi connectivity index (χ1n) is 6.92. The van der Waals surface area contributed by atoms with E-state index >= 15 is 0 Å². The van der Waals surface area contributed by atoms with Gasteiger partial charge in [0.2, 0.25) is 5.91 Å². The number of nitrogens with one attached hydrogen (secondary N) is 1. The van der Waals surface area contributed by atoms with Crippen molar-refractivity contribution in [3.63, 3.8) is 0 Å². The van der Waals surface area contributed by atoms with E-state index in [1.54, 1.807) is 12.1 Å². The van der Waals surface area contributed by atoms with Gasteiger partial charge >= 0.3 is 5.69 Å². The molecule has 0 saturated carbocycles.